The van der Waals surface area contributed by atoms with E-state index in [0.29, 0.717) is 10.0 Å². The molecule has 3 aromatic rings. The SMILES string of the molecule is COc1ccc(-c2nnc(SCC(=O)NC(=O)c3cccs3)n2C(C)C)cc1. The number of benzene rings is 1. The molecule has 0 saturated heterocycles. The summed E-state index contributed by atoms with van der Waals surface area (Å²) < 4.78 is 7.17. The van der Waals surface area contributed by atoms with Crippen molar-refractivity contribution in [2.24, 2.45) is 0 Å². The molecule has 0 saturated carbocycles. The molecule has 0 spiro atoms. The zero-order chi connectivity index (χ0) is 20.1. The number of ether oxygens (including phenoxy) is 1. The number of carbonyl (C=O) groups excluding carboxylic acids is 2. The zero-order valence-electron chi connectivity index (χ0n) is 15.7. The van der Waals surface area contributed by atoms with E-state index in [1.54, 1.807) is 24.6 Å². The molecule has 0 radical (unpaired) electrons. The molecular formula is C19H20N4O3S2. The standard InChI is InChI=1S/C19H20N4O3S2/c1-12(2)23-17(13-6-8-14(26-3)9-7-13)21-22-19(23)28-11-16(24)20-18(25)15-5-4-10-27-15/h4-10,12H,11H2,1-3H3,(H,20,24,25). The number of methoxy groups -OCH3 is 1. The Labute approximate surface area is 171 Å². The summed E-state index contributed by atoms with van der Waals surface area (Å²) in [5.74, 6) is 0.804. The van der Waals surface area contributed by atoms with Gasteiger partial charge in [-0.15, -0.1) is 21.5 Å². The van der Waals surface area contributed by atoms with Crippen LogP contribution < -0.4 is 10.1 Å². The number of rotatable bonds is 7. The number of aromatic nitrogens is 3. The van der Waals surface area contributed by atoms with Crippen LogP contribution in [0.2, 0.25) is 0 Å². The van der Waals surface area contributed by atoms with E-state index in [1.807, 2.05) is 42.7 Å². The number of imide groups is 1. The van der Waals surface area contributed by atoms with Crippen LogP contribution in [-0.4, -0.2) is 39.4 Å². The molecule has 0 atom stereocenters. The van der Waals surface area contributed by atoms with E-state index in [-0.39, 0.29) is 23.6 Å². The van der Waals surface area contributed by atoms with Crippen LogP contribution >= 0.6 is 23.1 Å². The smallest absolute Gasteiger partial charge is 0.267 e. The van der Waals surface area contributed by atoms with Crippen molar-refractivity contribution >= 4 is 34.9 Å². The molecule has 3 rings (SSSR count). The van der Waals surface area contributed by atoms with E-state index in [0.717, 1.165) is 17.1 Å². The Morgan fingerprint density at radius 1 is 1.21 bits per heavy atom. The lowest BCUT2D eigenvalue weighted by molar-refractivity contribution is -0.117. The molecule has 1 N–H and O–H groups in total. The molecule has 0 aliphatic carbocycles. The first kappa shape index (κ1) is 20.1. The van der Waals surface area contributed by atoms with Crippen LogP contribution in [0.5, 0.6) is 5.75 Å². The molecular weight excluding hydrogens is 396 g/mol. The molecule has 0 bridgehead atoms. The molecule has 0 aliphatic heterocycles. The van der Waals surface area contributed by atoms with Gasteiger partial charge in [-0.05, 0) is 49.6 Å². The molecule has 0 fully saturated rings. The number of nitrogens with zero attached hydrogens (tertiary/aromatic N) is 3. The zero-order valence-corrected chi connectivity index (χ0v) is 17.3. The van der Waals surface area contributed by atoms with E-state index >= 15 is 0 Å². The average Bonchev–Trinajstić information content (AvgIpc) is 3.36. The van der Waals surface area contributed by atoms with Gasteiger partial charge < -0.3 is 4.74 Å². The minimum atomic E-state index is -0.384. The van der Waals surface area contributed by atoms with Crippen LogP contribution in [0.1, 0.15) is 29.6 Å². The topological polar surface area (TPSA) is 86.1 Å². The van der Waals surface area contributed by atoms with E-state index in [1.165, 1.54) is 23.1 Å². The predicted octanol–water partition coefficient (Wildman–Crippen LogP) is 3.64. The van der Waals surface area contributed by atoms with Crippen molar-refractivity contribution < 1.29 is 14.3 Å². The Morgan fingerprint density at radius 2 is 1.96 bits per heavy atom. The third-order valence-electron chi connectivity index (χ3n) is 3.86. The fraction of sp³-hybridized carbons (Fsp3) is 0.263. The lowest BCUT2D eigenvalue weighted by Crippen LogP contribution is -2.31. The molecule has 2 aromatic heterocycles. The van der Waals surface area contributed by atoms with Crippen molar-refractivity contribution in [3.05, 3.63) is 46.7 Å². The molecule has 2 heterocycles. The van der Waals surface area contributed by atoms with E-state index < -0.39 is 0 Å². The quantitative estimate of drug-likeness (QED) is 0.592. The summed E-state index contributed by atoms with van der Waals surface area (Å²) in [4.78, 5) is 24.6. The van der Waals surface area contributed by atoms with Crippen LogP contribution in [0, 0.1) is 0 Å². The first-order valence-electron chi connectivity index (χ1n) is 8.59. The van der Waals surface area contributed by atoms with Crippen LogP contribution in [0.25, 0.3) is 11.4 Å². The van der Waals surface area contributed by atoms with Crippen LogP contribution in [0.4, 0.5) is 0 Å². The second-order valence-electron chi connectivity index (χ2n) is 6.14. The highest BCUT2D eigenvalue weighted by atomic mass is 32.2. The van der Waals surface area contributed by atoms with Crippen LogP contribution in [0.15, 0.2) is 46.9 Å². The normalized spacial score (nSPS) is 10.9. The summed E-state index contributed by atoms with van der Waals surface area (Å²) in [7, 11) is 1.62. The van der Waals surface area contributed by atoms with Gasteiger partial charge >= 0.3 is 0 Å². The van der Waals surface area contributed by atoms with Crippen LogP contribution in [0.3, 0.4) is 0 Å². The number of carbonyl (C=O) groups is 2. The minimum absolute atomic E-state index is 0.0740. The van der Waals surface area contributed by atoms with Crippen molar-refractivity contribution in [2.45, 2.75) is 25.0 Å². The Balaban J connectivity index is 1.70. The summed E-state index contributed by atoms with van der Waals surface area (Å²) in [6, 6.07) is 11.1. The van der Waals surface area contributed by atoms with Crippen molar-refractivity contribution in [1.82, 2.24) is 20.1 Å². The number of nitrogens with one attached hydrogen (secondary N) is 1. The Hall–Kier alpha value is -2.65. The maximum atomic E-state index is 12.1. The largest absolute Gasteiger partial charge is 0.497 e. The van der Waals surface area contributed by atoms with E-state index in [9.17, 15) is 9.59 Å². The minimum Gasteiger partial charge on any atom is -0.497 e. The van der Waals surface area contributed by atoms with Gasteiger partial charge in [-0.25, -0.2) is 0 Å². The first-order chi connectivity index (χ1) is 13.5. The molecule has 146 valence electrons. The third kappa shape index (κ3) is 4.60. The fourth-order valence-corrected chi connectivity index (χ4v) is 4.03. The van der Waals surface area contributed by atoms with Gasteiger partial charge in [0.05, 0.1) is 17.7 Å². The summed E-state index contributed by atoms with van der Waals surface area (Å²) in [6.45, 7) is 4.06. The molecule has 9 heteroatoms. The number of thioether (sulfide) groups is 1. The van der Waals surface area contributed by atoms with Crippen molar-refractivity contribution in [2.75, 3.05) is 12.9 Å². The second-order valence-corrected chi connectivity index (χ2v) is 8.03. The number of hydrogen-bond donors (Lipinski definition) is 1. The van der Waals surface area contributed by atoms with Gasteiger partial charge in [-0.1, -0.05) is 17.8 Å². The van der Waals surface area contributed by atoms with Gasteiger partial charge in [0, 0.05) is 11.6 Å². The number of amides is 2. The molecule has 28 heavy (non-hydrogen) atoms. The molecule has 2 amide bonds. The number of thiophene rings is 1. The molecule has 7 nitrogen and oxygen atoms in total. The Kier molecular flexibility index (Phi) is 6.48. The van der Waals surface area contributed by atoms with Gasteiger partial charge in [-0.2, -0.15) is 0 Å². The highest BCUT2D eigenvalue weighted by Crippen LogP contribution is 2.28. The fourth-order valence-electron chi connectivity index (χ4n) is 2.54. The first-order valence-corrected chi connectivity index (χ1v) is 10.5. The molecule has 0 unspecified atom stereocenters. The van der Waals surface area contributed by atoms with Crippen molar-refractivity contribution in [3.63, 3.8) is 0 Å². The average molecular weight is 417 g/mol. The van der Waals surface area contributed by atoms with Gasteiger partial charge in [0.1, 0.15) is 5.75 Å². The van der Waals surface area contributed by atoms with Gasteiger partial charge in [0.25, 0.3) is 5.91 Å². The predicted molar refractivity (Wildman–Crippen MR) is 110 cm³/mol. The summed E-state index contributed by atoms with van der Waals surface area (Å²) in [6.07, 6.45) is 0. The van der Waals surface area contributed by atoms with E-state index in [2.05, 4.69) is 15.5 Å². The maximum Gasteiger partial charge on any atom is 0.267 e. The summed E-state index contributed by atoms with van der Waals surface area (Å²) in [5.41, 5.74) is 0.908. The Morgan fingerprint density at radius 3 is 2.57 bits per heavy atom. The van der Waals surface area contributed by atoms with Gasteiger partial charge in [0.15, 0.2) is 11.0 Å². The second kappa shape index (κ2) is 9.03. The Bertz CT molecular complexity index is 950. The lowest BCUT2D eigenvalue weighted by atomic mass is 10.2. The lowest BCUT2D eigenvalue weighted by Gasteiger charge is -2.14. The molecule has 1 aromatic carbocycles. The van der Waals surface area contributed by atoms with E-state index in [4.69, 9.17) is 4.74 Å². The highest BCUT2D eigenvalue weighted by molar-refractivity contribution is 7.99. The van der Waals surface area contributed by atoms with Crippen LogP contribution in [-0.2, 0) is 4.79 Å². The van der Waals surface area contributed by atoms with Crippen molar-refractivity contribution in [1.29, 1.82) is 0 Å². The maximum absolute atomic E-state index is 12.1. The highest BCUT2D eigenvalue weighted by Gasteiger charge is 2.19. The van der Waals surface area contributed by atoms with Gasteiger partial charge in [0.2, 0.25) is 5.91 Å². The molecule has 0 aliphatic rings. The number of hydrogen-bond acceptors (Lipinski definition) is 7. The monoisotopic (exact) mass is 416 g/mol. The van der Waals surface area contributed by atoms with Gasteiger partial charge in [-0.3, -0.25) is 19.5 Å². The summed E-state index contributed by atoms with van der Waals surface area (Å²) in [5, 5.41) is 13.3. The third-order valence-corrected chi connectivity index (χ3v) is 5.67. The van der Waals surface area contributed by atoms with Crippen molar-refractivity contribution in [3.8, 4) is 17.1 Å². The summed E-state index contributed by atoms with van der Waals surface area (Å²) >= 11 is 2.54.